The summed E-state index contributed by atoms with van der Waals surface area (Å²) in [7, 11) is 0. The maximum atomic E-state index is 12.6. The van der Waals surface area contributed by atoms with Crippen molar-refractivity contribution >= 4 is 23.4 Å². The number of hydrogen-bond acceptors (Lipinski definition) is 3. The molecule has 1 fully saturated rings. The van der Waals surface area contributed by atoms with Gasteiger partial charge in [-0.15, -0.1) is 0 Å². The van der Waals surface area contributed by atoms with E-state index in [-0.39, 0.29) is 18.2 Å². The summed E-state index contributed by atoms with van der Waals surface area (Å²) < 4.78 is 5.20. The summed E-state index contributed by atoms with van der Waals surface area (Å²) in [5, 5.41) is 3.41. The van der Waals surface area contributed by atoms with Crippen LogP contribution in [0.25, 0.3) is 0 Å². The molecule has 2 aromatic rings. The molecule has 1 N–H and O–H groups in total. The van der Waals surface area contributed by atoms with Crippen LogP contribution in [0.4, 0.5) is 0 Å². The molecule has 5 nitrogen and oxygen atoms in total. The summed E-state index contributed by atoms with van der Waals surface area (Å²) in [4.78, 5) is 26.6. The molecule has 0 unspecified atom stereocenters. The van der Waals surface area contributed by atoms with Crippen molar-refractivity contribution < 1.29 is 14.0 Å². The average molecular weight is 347 g/mol. The van der Waals surface area contributed by atoms with Crippen LogP contribution in [0.2, 0.25) is 5.02 Å². The number of hydrogen-bond donors (Lipinski definition) is 1. The van der Waals surface area contributed by atoms with E-state index < -0.39 is 6.04 Å². The molecule has 0 bridgehead atoms. The highest BCUT2D eigenvalue weighted by atomic mass is 35.5. The Morgan fingerprint density at radius 2 is 2.08 bits per heavy atom. The van der Waals surface area contributed by atoms with Crippen LogP contribution in [0.1, 0.15) is 24.2 Å². The van der Waals surface area contributed by atoms with Crippen LogP contribution >= 0.6 is 11.6 Å². The molecular weight excluding hydrogens is 328 g/mol. The van der Waals surface area contributed by atoms with Gasteiger partial charge in [-0.25, -0.2) is 0 Å². The van der Waals surface area contributed by atoms with Crippen LogP contribution in [0, 0.1) is 0 Å². The largest absolute Gasteiger partial charge is 0.467 e. The van der Waals surface area contributed by atoms with Crippen molar-refractivity contribution in [2.45, 2.75) is 31.8 Å². The van der Waals surface area contributed by atoms with E-state index in [0.29, 0.717) is 30.3 Å². The minimum Gasteiger partial charge on any atom is -0.467 e. The van der Waals surface area contributed by atoms with Gasteiger partial charge in [0.05, 0.1) is 19.2 Å². The third-order valence-electron chi connectivity index (χ3n) is 4.19. The molecule has 126 valence electrons. The first-order valence-electron chi connectivity index (χ1n) is 7.98. The van der Waals surface area contributed by atoms with Gasteiger partial charge in [-0.05, 0) is 36.6 Å². The summed E-state index contributed by atoms with van der Waals surface area (Å²) in [5.41, 5.74) is 0.783. The topological polar surface area (TPSA) is 62.6 Å². The quantitative estimate of drug-likeness (QED) is 0.905. The highest BCUT2D eigenvalue weighted by molar-refractivity contribution is 6.31. The summed E-state index contributed by atoms with van der Waals surface area (Å²) in [5.74, 6) is 0.477. The van der Waals surface area contributed by atoms with Crippen molar-refractivity contribution in [3.63, 3.8) is 0 Å². The molecule has 0 spiro atoms. The number of rotatable bonds is 5. The van der Waals surface area contributed by atoms with Crippen LogP contribution in [0.3, 0.4) is 0 Å². The molecule has 2 amide bonds. The number of carbonyl (C=O) groups is 2. The fourth-order valence-corrected chi connectivity index (χ4v) is 3.15. The smallest absolute Gasteiger partial charge is 0.243 e. The molecule has 3 rings (SSSR count). The number of halogens is 1. The number of nitrogens with one attached hydrogen (secondary N) is 1. The van der Waals surface area contributed by atoms with Crippen molar-refractivity contribution in [3.8, 4) is 0 Å². The third kappa shape index (κ3) is 3.79. The van der Waals surface area contributed by atoms with Gasteiger partial charge in [-0.1, -0.05) is 29.8 Å². The Kier molecular flexibility index (Phi) is 5.20. The molecule has 2 heterocycles. The highest BCUT2D eigenvalue weighted by Gasteiger charge is 2.33. The van der Waals surface area contributed by atoms with Gasteiger partial charge in [0.25, 0.3) is 0 Å². The minimum atomic E-state index is -0.421. The zero-order chi connectivity index (χ0) is 16.9. The van der Waals surface area contributed by atoms with Crippen LogP contribution in [0.15, 0.2) is 47.1 Å². The van der Waals surface area contributed by atoms with Gasteiger partial charge in [0.15, 0.2) is 0 Å². The molecule has 0 saturated carbocycles. The average Bonchev–Trinajstić information content (AvgIpc) is 3.26. The van der Waals surface area contributed by atoms with Gasteiger partial charge in [0.1, 0.15) is 11.8 Å². The van der Waals surface area contributed by atoms with Gasteiger partial charge >= 0.3 is 0 Å². The van der Waals surface area contributed by atoms with Crippen molar-refractivity contribution in [2.75, 3.05) is 6.54 Å². The Labute approximate surface area is 145 Å². The second-order valence-electron chi connectivity index (χ2n) is 5.81. The molecule has 6 heteroatoms. The van der Waals surface area contributed by atoms with Gasteiger partial charge in [-0.2, -0.15) is 0 Å². The summed E-state index contributed by atoms with van der Waals surface area (Å²) >= 11 is 6.12. The first-order chi connectivity index (χ1) is 11.6. The third-order valence-corrected chi connectivity index (χ3v) is 4.56. The fourth-order valence-electron chi connectivity index (χ4n) is 2.95. The van der Waals surface area contributed by atoms with Crippen molar-refractivity contribution in [1.29, 1.82) is 0 Å². The first kappa shape index (κ1) is 16.6. The highest BCUT2D eigenvalue weighted by Crippen LogP contribution is 2.21. The lowest BCUT2D eigenvalue weighted by Gasteiger charge is -2.24. The number of amides is 2. The van der Waals surface area contributed by atoms with E-state index in [4.69, 9.17) is 16.0 Å². The molecule has 1 atom stereocenters. The van der Waals surface area contributed by atoms with Crippen LogP contribution in [-0.2, 0) is 22.6 Å². The molecule has 0 aliphatic carbocycles. The zero-order valence-corrected chi connectivity index (χ0v) is 14.0. The lowest BCUT2D eigenvalue weighted by molar-refractivity contribution is -0.138. The predicted molar refractivity (Wildman–Crippen MR) is 90.4 cm³/mol. The number of likely N-dealkylation sites (tertiary alicyclic amines) is 1. The second-order valence-corrected chi connectivity index (χ2v) is 6.22. The molecule has 1 aromatic heterocycles. The normalized spacial score (nSPS) is 17.0. The maximum absolute atomic E-state index is 12.6. The van der Waals surface area contributed by atoms with E-state index in [1.54, 1.807) is 29.4 Å². The van der Waals surface area contributed by atoms with E-state index in [1.807, 2.05) is 18.2 Å². The number of carbonyl (C=O) groups excluding carboxylic acids is 2. The Balaban J connectivity index is 1.61. The van der Waals surface area contributed by atoms with Crippen LogP contribution < -0.4 is 5.32 Å². The molecule has 1 aromatic carbocycles. The van der Waals surface area contributed by atoms with E-state index >= 15 is 0 Å². The second kappa shape index (κ2) is 7.53. The lowest BCUT2D eigenvalue weighted by Crippen LogP contribution is -2.46. The van der Waals surface area contributed by atoms with Gasteiger partial charge in [0.2, 0.25) is 11.8 Å². The standard InChI is InChI=1S/C18H19ClN2O3/c19-15-7-2-1-5-13(15)11-17(22)21-9-3-8-16(21)18(23)20-12-14-6-4-10-24-14/h1-2,4-7,10,16H,3,8-9,11-12H2,(H,20,23)/t16-/m1/s1. The Morgan fingerprint density at radius 1 is 1.25 bits per heavy atom. The Hall–Kier alpha value is -2.27. The summed E-state index contributed by atoms with van der Waals surface area (Å²) in [6.07, 6.45) is 3.28. The SMILES string of the molecule is O=C(NCc1ccco1)[C@H]1CCCN1C(=O)Cc1ccccc1Cl. The van der Waals surface area contributed by atoms with E-state index in [2.05, 4.69) is 5.32 Å². The van der Waals surface area contributed by atoms with Crippen molar-refractivity contribution in [2.24, 2.45) is 0 Å². The number of benzene rings is 1. The minimum absolute atomic E-state index is 0.0706. The molecule has 1 aliphatic heterocycles. The van der Waals surface area contributed by atoms with Gasteiger partial charge in [0, 0.05) is 11.6 Å². The Bertz CT molecular complexity index is 715. The van der Waals surface area contributed by atoms with E-state index in [0.717, 1.165) is 12.0 Å². The van der Waals surface area contributed by atoms with E-state index in [1.165, 1.54) is 0 Å². The summed E-state index contributed by atoms with van der Waals surface area (Å²) in [6.45, 7) is 0.928. The van der Waals surface area contributed by atoms with Crippen molar-refractivity contribution in [1.82, 2.24) is 10.2 Å². The van der Waals surface area contributed by atoms with Crippen molar-refractivity contribution in [3.05, 3.63) is 59.0 Å². The number of nitrogens with zero attached hydrogens (tertiary/aromatic N) is 1. The lowest BCUT2D eigenvalue weighted by atomic mass is 10.1. The molecule has 1 saturated heterocycles. The first-order valence-corrected chi connectivity index (χ1v) is 8.36. The van der Waals surface area contributed by atoms with Gasteiger partial charge < -0.3 is 14.6 Å². The maximum Gasteiger partial charge on any atom is 0.243 e. The molecule has 0 radical (unpaired) electrons. The Morgan fingerprint density at radius 3 is 2.83 bits per heavy atom. The van der Waals surface area contributed by atoms with Gasteiger partial charge in [-0.3, -0.25) is 9.59 Å². The van der Waals surface area contributed by atoms with Crippen LogP contribution in [-0.4, -0.2) is 29.3 Å². The molecule has 24 heavy (non-hydrogen) atoms. The zero-order valence-electron chi connectivity index (χ0n) is 13.2. The molecule has 1 aliphatic rings. The van der Waals surface area contributed by atoms with Crippen LogP contribution in [0.5, 0.6) is 0 Å². The number of furan rings is 1. The fraction of sp³-hybridized carbons (Fsp3) is 0.333. The predicted octanol–water partition coefficient (Wildman–Crippen LogP) is 2.78. The molecular formula is C18H19ClN2O3. The summed E-state index contributed by atoms with van der Waals surface area (Å²) in [6, 6.07) is 10.4. The monoisotopic (exact) mass is 346 g/mol. The van der Waals surface area contributed by atoms with E-state index in [9.17, 15) is 9.59 Å².